The smallest absolute Gasteiger partial charge is 0.338 e. The highest BCUT2D eigenvalue weighted by atomic mass is 32.2. The lowest BCUT2D eigenvalue weighted by atomic mass is 10.0. The van der Waals surface area contributed by atoms with Crippen molar-refractivity contribution in [2.24, 2.45) is 0 Å². The Balaban J connectivity index is 2.01. The first-order valence-corrected chi connectivity index (χ1v) is 11.7. The average Bonchev–Trinajstić information content (AvgIpc) is 2.65. The number of ether oxygens (including phenoxy) is 2. The van der Waals surface area contributed by atoms with Crippen LogP contribution in [0.2, 0.25) is 0 Å². The third-order valence-corrected chi connectivity index (χ3v) is 7.09. The van der Waals surface area contributed by atoms with Crippen LogP contribution >= 0.6 is 20.3 Å². The number of benzene rings is 2. The first kappa shape index (κ1) is 21.2. The van der Waals surface area contributed by atoms with Crippen molar-refractivity contribution in [3.8, 4) is 0 Å². The van der Waals surface area contributed by atoms with E-state index >= 15 is 0 Å². The Morgan fingerprint density at radius 1 is 1.08 bits per heavy atom. The SMILES string of the molecule is CCCC(CPCSc1cccc2ccccc12)(OCC)C(=O)OCC. The molecule has 0 aromatic heterocycles. The van der Waals surface area contributed by atoms with Gasteiger partial charge in [-0.3, -0.25) is 0 Å². The summed E-state index contributed by atoms with van der Waals surface area (Å²) in [5.41, 5.74) is 0.198. The Morgan fingerprint density at radius 3 is 2.58 bits per heavy atom. The largest absolute Gasteiger partial charge is 0.464 e. The van der Waals surface area contributed by atoms with Crippen molar-refractivity contribution in [2.75, 3.05) is 24.9 Å². The first-order chi connectivity index (χ1) is 12.7. The predicted octanol–water partition coefficient (Wildman–Crippen LogP) is 5.71. The summed E-state index contributed by atoms with van der Waals surface area (Å²) in [6.07, 6.45) is 2.34. The Labute approximate surface area is 163 Å². The number of carbonyl (C=O) groups is 1. The maximum Gasteiger partial charge on any atom is 0.338 e. The van der Waals surface area contributed by atoms with Crippen LogP contribution in [-0.4, -0.2) is 36.4 Å². The topological polar surface area (TPSA) is 35.5 Å². The van der Waals surface area contributed by atoms with Crippen LogP contribution in [0.1, 0.15) is 33.6 Å². The maximum atomic E-state index is 12.5. The van der Waals surface area contributed by atoms with Gasteiger partial charge in [0.15, 0.2) is 5.60 Å². The third-order valence-electron chi connectivity index (χ3n) is 4.21. The summed E-state index contributed by atoms with van der Waals surface area (Å²) >= 11 is 1.86. The van der Waals surface area contributed by atoms with Crippen molar-refractivity contribution in [2.45, 2.75) is 44.1 Å². The van der Waals surface area contributed by atoms with Gasteiger partial charge in [0.25, 0.3) is 0 Å². The molecule has 2 atom stereocenters. The van der Waals surface area contributed by atoms with Crippen LogP contribution in [0.3, 0.4) is 0 Å². The Kier molecular flexibility index (Phi) is 8.90. The van der Waals surface area contributed by atoms with Crippen LogP contribution in [-0.2, 0) is 14.3 Å². The van der Waals surface area contributed by atoms with Crippen LogP contribution in [0, 0.1) is 0 Å². The number of carbonyl (C=O) groups excluding carboxylic acids is 1. The number of fused-ring (bicyclic) bond motifs is 1. The fourth-order valence-electron chi connectivity index (χ4n) is 3.09. The van der Waals surface area contributed by atoms with E-state index in [-0.39, 0.29) is 5.97 Å². The van der Waals surface area contributed by atoms with E-state index in [0.717, 1.165) is 18.1 Å². The lowest BCUT2D eigenvalue weighted by molar-refractivity contribution is -0.169. The van der Waals surface area contributed by atoms with Crippen LogP contribution < -0.4 is 0 Å². The quantitative estimate of drug-likeness (QED) is 0.212. The minimum atomic E-state index is -0.780. The Hall–Kier alpha value is -1.09. The molecule has 0 aliphatic heterocycles. The molecule has 26 heavy (non-hydrogen) atoms. The van der Waals surface area contributed by atoms with E-state index in [0.29, 0.717) is 28.2 Å². The van der Waals surface area contributed by atoms with E-state index in [1.807, 2.05) is 25.6 Å². The summed E-state index contributed by atoms with van der Waals surface area (Å²) in [7, 11) is 0.634. The molecule has 0 radical (unpaired) electrons. The fraction of sp³-hybridized carbons (Fsp3) is 0.476. The van der Waals surface area contributed by atoms with Crippen LogP contribution in [0.5, 0.6) is 0 Å². The molecule has 3 nitrogen and oxygen atoms in total. The molecule has 5 heteroatoms. The number of hydrogen-bond donors (Lipinski definition) is 0. The lowest BCUT2D eigenvalue weighted by Gasteiger charge is -2.31. The molecule has 0 N–H and O–H groups in total. The zero-order valence-corrected chi connectivity index (χ0v) is 17.7. The molecule has 0 saturated heterocycles. The van der Waals surface area contributed by atoms with E-state index in [1.54, 1.807) is 0 Å². The van der Waals surface area contributed by atoms with Gasteiger partial charge in [0, 0.05) is 23.2 Å². The monoisotopic (exact) mass is 392 g/mol. The molecule has 0 heterocycles. The minimum Gasteiger partial charge on any atom is -0.464 e. The van der Waals surface area contributed by atoms with E-state index in [4.69, 9.17) is 9.47 Å². The molecular formula is C21H29O3PS. The number of rotatable bonds is 11. The van der Waals surface area contributed by atoms with Crippen LogP contribution in [0.4, 0.5) is 0 Å². The van der Waals surface area contributed by atoms with Gasteiger partial charge in [-0.05, 0) is 37.1 Å². The molecular weight excluding hydrogens is 363 g/mol. The summed E-state index contributed by atoms with van der Waals surface area (Å²) < 4.78 is 11.2. The average molecular weight is 393 g/mol. The second-order valence-corrected chi connectivity index (χ2v) is 8.83. The van der Waals surface area contributed by atoms with Gasteiger partial charge in [0.05, 0.1) is 6.61 Å². The normalized spacial score (nSPS) is 14.0. The van der Waals surface area contributed by atoms with Crippen molar-refractivity contribution in [1.29, 1.82) is 0 Å². The molecule has 0 aliphatic carbocycles. The van der Waals surface area contributed by atoms with Crippen molar-refractivity contribution >= 4 is 37.1 Å². The van der Waals surface area contributed by atoms with E-state index in [9.17, 15) is 4.79 Å². The van der Waals surface area contributed by atoms with Gasteiger partial charge in [-0.25, -0.2) is 4.79 Å². The van der Waals surface area contributed by atoms with Gasteiger partial charge in [-0.15, -0.1) is 20.3 Å². The predicted molar refractivity (Wildman–Crippen MR) is 114 cm³/mol. The standard InChI is InChI=1S/C21H29O3PS/c1-4-14-21(24-6-3,20(22)23-5-2)15-25-16-26-19-13-9-11-17-10-7-8-12-18(17)19/h7-13,25H,4-6,14-16H2,1-3H3. The summed E-state index contributed by atoms with van der Waals surface area (Å²) in [5, 5.41) is 2.56. The molecule has 0 saturated carbocycles. The van der Waals surface area contributed by atoms with Crippen LogP contribution in [0.25, 0.3) is 10.8 Å². The number of esters is 1. The van der Waals surface area contributed by atoms with E-state index < -0.39 is 5.60 Å². The Bertz CT molecular complexity index is 693. The van der Waals surface area contributed by atoms with Crippen LogP contribution in [0.15, 0.2) is 47.4 Å². The Morgan fingerprint density at radius 2 is 1.85 bits per heavy atom. The van der Waals surface area contributed by atoms with Gasteiger partial charge >= 0.3 is 5.97 Å². The highest BCUT2D eigenvalue weighted by molar-refractivity contribution is 8.03. The van der Waals surface area contributed by atoms with Crippen molar-refractivity contribution in [1.82, 2.24) is 0 Å². The molecule has 0 bridgehead atoms. The molecule has 0 spiro atoms. The molecule has 0 amide bonds. The first-order valence-electron chi connectivity index (χ1n) is 9.29. The molecule has 0 fully saturated rings. The highest BCUT2D eigenvalue weighted by Crippen LogP contribution is 2.35. The molecule has 2 aromatic carbocycles. The van der Waals surface area contributed by atoms with Crippen molar-refractivity contribution in [3.05, 3.63) is 42.5 Å². The summed E-state index contributed by atoms with van der Waals surface area (Å²) in [5.74, 6) is -0.202. The fourth-order valence-corrected chi connectivity index (χ4v) is 5.87. The van der Waals surface area contributed by atoms with E-state index in [1.165, 1.54) is 15.7 Å². The maximum absolute atomic E-state index is 12.5. The summed E-state index contributed by atoms with van der Waals surface area (Å²) in [6, 6.07) is 14.9. The van der Waals surface area contributed by atoms with Crippen molar-refractivity contribution in [3.63, 3.8) is 0 Å². The van der Waals surface area contributed by atoms with Gasteiger partial charge in [0.2, 0.25) is 0 Å². The van der Waals surface area contributed by atoms with Gasteiger partial charge in [-0.1, -0.05) is 49.7 Å². The second-order valence-electron chi connectivity index (χ2n) is 6.09. The third kappa shape index (κ3) is 5.45. The van der Waals surface area contributed by atoms with Gasteiger partial charge < -0.3 is 9.47 Å². The second kappa shape index (κ2) is 10.9. The summed E-state index contributed by atoms with van der Waals surface area (Å²) in [4.78, 5) is 13.8. The van der Waals surface area contributed by atoms with Gasteiger partial charge in [0.1, 0.15) is 0 Å². The lowest BCUT2D eigenvalue weighted by Crippen LogP contribution is -2.45. The molecule has 142 valence electrons. The molecule has 0 aliphatic rings. The zero-order chi connectivity index (χ0) is 18.8. The minimum absolute atomic E-state index is 0.202. The molecule has 2 aromatic rings. The van der Waals surface area contributed by atoms with E-state index in [2.05, 4.69) is 49.4 Å². The van der Waals surface area contributed by atoms with Crippen molar-refractivity contribution < 1.29 is 14.3 Å². The molecule has 2 rings (SSSR count). The highest BCUT2D eigenvalue weighted by Gasteiger charge is 2.39. The molecule has 2 unspecified atom stereocenters. The van der Waals surface area contributed by atoms with Gasteiger partial charge in [-0.2, -0.15) is 0 Å². The zero-order valence-electron chi connectivity index (χ0n) is 15.9. The summed E-state index contributed by atoms with van der Waals surface area (Å²) in [6.45, 7) is 6.79. The number of hydrogen-bond acceptors (Lipinski definition) is 4. The number of thioether (sulfide) groups is 1.